The SMILES string of the molecule is Oc1ccccc1/C=N/Nc1ccc2ccccc2n1.[Fe+2]. The number of phenolic OH excluding ortho intramolecular Hbond substituents is 1. The molecule has 0 aliphatic rings. The molecule has 1 aromatic heterocycles. The number of benzene rings is 2. The van der Waals surface area contributed by atoms with Crippen LogP contribution in [-0.4, -0.2) is 16.3 Å². The van der Waals surface area contributed by atoms with Gasteiger partial charge in [0.05, 0.1) is 11.7 Å². The van der Waals surface area contributed by atoms with Crippen LogP contribution in [0.1, 0.15) is 5.56 Å². The number of rotatable bonds is 3. The quantitative estimate of drug-likeness (QED) is 0.442. The fourth-order valence-corrected chi connectivity index (χ4v) is 1.89. The Labute approximate surface area is 133 Å². The molecular weight excluding hydrogens is 306 g/mol. The number of nitrogens with zero attached hydrogens (tertiary/aromatic N) is 2. The van der Waals surface area contributed by atoms with Crippen LogP contribution in [0.5, 0.6) is 5.75 Å². The molecule has 0 saturated heterocycles. The van der Waals surface area contributed by atoms with Crippen LogP contribution in [0.15, 0.2) is 65.8 Å². The van der Waals surface area contributed by atoms with Crippen LogP contribution in [0.4, 0.5) is 5.82 Å². The summed E-state index contributed by atoms with van der Waals surface area (Å²) in [4.78, 5) is 4.44. The van der Waals surface area contributed by atoms with Crippen molar-refractivity contribution < 1.29 is 22.2 Å². The van der Waals surface area contributed by atoms with E-state index in [4.69, 9.17) is 0 Å². The van der Waals surface area contributed by atoms with Crippen molar-refractivity contribution in [2.45, 2.75) is 0 Å². The van der Waals surface area contributed by atoms with Crippen molar-refractivity contribution in [1.82, 2.24) is 4.98 Å². The molecule has 4 nitrogen and oxygen atoms in total. The number of hydrogen-bond acceptors (Lipinski definition) is 4. The average Bonchev–Trinajstić information content (AvgIpc) is 2.49. The van der Waals surface area contributed by atoms with Crippen LogP contribution in [-0.2, 0) is 17.1 Å². The van der Waals surface area contributed by atoms with E-state index in [1.54, 1.807) is 24.4 Å². The summed E-state index contributed by atoms with van der Waals surface area (Å²) in [5.41, 5.74) is 4.43. The zero-order valence-electron chi connectivity index (χ0n) is 11.0. The molecule has 3 aromatic rings. The van der Waals surface area contributed by atoms with E-state index >= 15 is 0 Å². The topological polar surface area (TPSA) is 57.5 Å². The summed E-state index contributed by atoms with van der Waals surface area (Å²) in [6.45, 7) is 0. The molecule has 0 aliphatic heterocycles. The summed E-state index contributed by atoms with van der Waals surface area (Å²) in [7, 11) is 0. The van der Waals surface area contributed by atoms with E-state index in [2.05, 4.69) is 15.5 Å². The molecule has 0 radical (unpaired) electrons. The van der Waals surface area contributed by atoms with Gasteiger partial charge < -0.3 is 5.11 Å². The summed E-state index contributed by atoms with van der Waals surface area (Å²) in [6.07, 6.45) is 1.56. The molecule has 0 bridgehead atoms. The fourth-order valence-electron chi connectivity index (χ4n) is 1.89. The minimum absolute atomic E-state index is 0. The average molecular weight is 319 g/mol. The van der Waals surface area contributed by atoms with E-state index in [0.29, 0.717) is 11.4 Å². The van der Waals surface area contributed by atoms with E-state index in [0.717, 1.165) is 10.9 Å². The smallest absolute Gasteiger partial charge is 0.507 e. The van der Waals surface area contributed by atoms with Crippen molar-refractivity contribution >= 4 is 22.9 Å². The first kappa shape index (κ1) is 15.0. The molecule has 21 heavy (non-hydrogen) atoms. The van der Waals surface area contributed by atoms with E-state index in [-0.39, 0.29) is 22.8 Å². The van der Waals surface area contributed by atoms with Crippen LogP contribution < -0.4 is 5.43 Å². The van der Waals surface area contributed by atoms with Crippen molar-refractivity contribution in [3.63, 3.8) is 0 Å². The minimum Gasteiger partial charge on any atom is -0.507 e. The summed E-state index contributed by atoms with van der Waals surface area (Å²) < 4.78 is 0. The van der Waals surface area contributed by atoms with Crippen LogP contribution in [0, 0.1) is 0 Å². The zero-order chi connectivity index (χ0) is 13.8. The van der Waals surface area contributed by atoms with Gasteiger partial charge in [-0.3, -0.25) is 5.43 Å². The van der Waals surface area contributed by atoms with Gasteiger partial charge >= 0.3 is 17.1 Å². The van der Waals surface area contributed by atoms with E-state index in [1.807, 2.05) is 42.5 Å². The van der Waals surface area contributed by atoms with Crippen LogP contribution in [0.3, 0.4) is 0 Å². The Hall–Kier alpha value is -2.36. The second kappa shape index (κ2) is 6.88. The second-order valence-electron chi connectivity index (χ2n) is 4.32. The number of anilines is 1. The Morgan fingerprint density at radius 1 is 0.952 bits per heavy atom. The summed E-state index contributed by atoms with van der Waals surface area (Å²) in [5, 5.41) is 14.8. The summed E-state index contributed by atoms with van der Waals surface area (Å²) >= 11 is 0. The van der Waals surface area contributed by atoms with E-state index in [9.17, 15) is 5.11 Å². The number of nitrogens with one attached hydrogen (secondary N) is 1. The van der Waals surface area contributed by atoms with E-state index < -0.39 is 0 Å². The van der Waals surface area contributed by atoms with Crippen LogP contribution >= 0.6 is 0 Å². The van der Waals surface area contributed by atoms with Crippen LogP contribution in [0.2, 0.25) is 0 Å². The predicted octanol–water partition coefficient (Wildman–Crippen LogP) is 3.38. The Kier molecular flexibility index (Phi) is 4.93. The van der Waals surface area contributed by atoms with Gasteiger partial charge in [0.25, 0.3) is 0 Å². The summed E-state index contributed by atoms with van der Waals surface area (Å²) in [5.74, 6) is 0.861. The van der Waals surface area contributed by atoms with Gasteiger partial charge in [-0.2, -0.15) is 5.10 Å². The van der Waals surface area contributed by atoms with Crippen molar-refractivity contribution in [2.24, 2.45) is 5.10 Å². The maximum atomic E-state index is 9.61. The van der Waals surface area contributed by atoms with Gasteiger partial charge in [0.2, 0.25) is 0 Å². The van der Waals surface area contributed by atoms with Crippen LogP contribution in [0.25, 0.3) is 10.9 Å². The molecule has 2 aromatic carbocycles. The normalized spacial score (nSPS) is 10.5. The zero-order valence-corrected chi connectivity index (χ0v) is 12.2. The second-order valence-corrected chi connectivity index (χ2v) is 4.32. The van der Waals surface area contributed by atoms with Crippen molar-refractivity contribution in [2.75, 3.05) is 5.43 Å². The predicted molar refractivity (Wildman–Crippen MR) is 81.1 cm³/mol. The Balaban J connectivity index is 0.00000161. The maximum Gasteiger partial charge on any atom is 2.00 e. The molecule has 3 rings (SSSR count). The van der Waals surface area contributed by atoms with Gasteiger partial charge in [-0.05, 0) is 30.3 Å². The van der Waals surface area contributed by atoms with Gasteiger partial charge in [-0.1, -0.05) is 30.3 Å². The van der Waals surface area contributed by atoms with Gasteiger partial charge in [0.1, 0.15) is 11.6 Å². The Bertz CT molecular complexity index is 774. The van der Waals surface area contributed by atoms with Gasteiger partial charge in [0.15, 0.2) is 0 Å². The molecule has 0 aliphatic carbocycles. The van der Waals surface area contributed by atoms with Crippen molar-refractivity contribution in [3.05, 3.63) is 66.2 Å². The molecule has 0 spiro atoms. The Morgan fingerprint density at radius 3 is 2.57 bits per heavy atom. The molecule has 5 heteroatoms. The minimum atomic E-state index is 0. The first-order valence-electron chi connectivity index (χ1n) is 6.26. The third-order valence-electron chi connectivity index (χ3n) is 2.92. The Morgan fingerprint density at radius 2 is 1.71 bits per heavy atom. The van der Waals surface area contributed by atoms with E-state index in [1.165, 1.54) is 0 Å². The third-order valence-corrected chi connectivity index (χ3v) is 2.92. The van der Waals surface area contributed by atoms with Gasteiger partial charge in [-0.15, -0.1) is 0 Å². The first-order chi connectivity index (χ1) is 9.83. The number of hydrogen-bond donors (Lipinski definition) is 2. The van der Waals surface area contributed by atoms with Gasteiger partial charge in [-0.25, -0.2) is 4.98 Å². The molecule has 0 amide bonds. The molecule has 0 unspecified atom stereocenters. The maximum absolute atomic E-state index is 9.61. The number of aromatic nitrogens is 1. The monoisotopic (exact) mass is 319 g/mol. The number of aromatic hydroxyl groups is 1. The largest absolute Gasteiger partial charge is 2.00 e. The number of pyridine rings is 1. The number of fused-ring (bicyclic) bond motifs is 1. The molecule has 2 N–H and O–H groups in total. The molecular formula is C16H13FeN3O+2. The molecule has 1 heterocycles. The first-order valence-corrected chi connectivity index (χ1v) is 6.26. The fraction of sp³-hybridized carbons (Fsp3) is 0. The number of para-hydroxylation sites is 2. The molecule has 0 atom stereocenters. The third kappa shape index (κ3) is 3.60. The summed E-state index contributed by atoms with van der Waals surface area (Å²) in [6, 6.07) is 18.8. The standard InChI is InChI=1S/C16H13N3O.Fe/c20-15-8-4-2-6-13(15)11-17-19-16-10-9-12-5-1-3-7-14(12)18-16;/h1-11,20H,(H,18,19);/q;+2/b17-11+;. The number of phenols is 1. The molecule has 104 valence electrons. The molecule has 0 saturated carbocycles. The molecule has 0 fully saturated rings. The van der Waals surface area contributed by atoms with Gasteiger partial charge in [0, 0.05) is 10.9 Å². The van der Waals surface area contributed by atoms with Crippen molar-refractivity contribution in [1.29, 1.82) is 0 Å². The number of hydrazone groups is 1. The van der Waals surface area contributed by atoms with Crippen molar-refractivity contribution in [3.8, 4) is 5.75 Å².